The molecule has 0 radical (unpaired) electrons. The highest BCUT2D eigenvalue weighted by atomic mass is 16.5. The van der Waals surface area contributed by atoms with E-state index < -0.39 is 0 Å². The van der Waals surface area contributed by atoms with Gasteiger partial charge in [-0.15, -0.1) is 0 Å². The lowest BCUT2D eigenvalue weighted by atomic mass is 10.3. The van der Waals surface area contributed by atoms with Gasteiger partial charge in [0.25, 0.3) is 0 Å². The Bertz CT molecular complexity index is 377. The van der Waals surface area contributed by atoms with Gasteiger partial charge in [0.1, 0.15) is 5.75 Å². The molecule has 6 nitrogen and oxygen atoms in total. The van der Waals surface area contributed by atoms with Crippen LogP contribution < -0.4 is 0 Å². The molecule has 2 rings (SSSR count). The maximum absolute atomic E-state index is 9.78. The number of pyridine rings is 1. The van der Waals surface area contributed by atoms with Crippen molar-refractivity contribution in [3.05, 3.63) is 24.0 Å². The second-order valence-corrected chi connectivity index (χ2v) is 4.58. The third-order valence-electron chi connectivity index (χ3n) is 3.09. The Kier molecular flexibility index (Phi) is 6.73. The van der Waals surface area contributed by atoms with Crippen molar-refractivity contribution in [2.45, 2.75) is 6.54 Å². The van der Waals surface area contributed by atoms with E-state index in [0.29, 0.717) is 51.9 Å². The van der Waals surface area contributed by atoms with Crippen LogP contribution in [0.5, 0.6) is 5.75 Å². The normalized spacial score (nSPS) is 20.0. The molecule has 0 spiro atoms. The van der Waals surface area contributed by atoms with Gasteiger partial charge in [-0.25, -0.2) is 0 Å². The van der Waals surface area contributed by atoms with Gasteiger partial charge >= 0.3 is 0 Å². The lowest BCUT2D eigenvalue weighted by molar-refractivity contribution is -0.00711. The summed E-state index contributed by atoms with van der Waals surface area (Å²) in [6.45, 7) is 5.82. The Morgan fingerprint density at radius 2 is 1.60 bits per heavy atom. The molecule has 1 fully saturated rings. The summed E-state index contributed by atoms with van der Waals surface area (Å²) in [7, 11) is 0. The van der Waals surface area contributed by atoms with Crippen molar-refractivity contribution in [3.63, 3.8) is 0 Å². The molecule has 112 valence electrons. The highest BCUT2D eigenvalue weighted by Crippen LogP contribution is 2.14. The largest absolute Gasteiger partial charge is 0.506 e. The minimum atomic E-state index is 0.230. The monoisotopic (exact) mass is 282 g/mol. The predicted octanol–water partition coefficient (Wildman–Crippen LogP) is 0.653. The van der Waals surface area contributed by atoms with Crippen LogP contribution in [-0.2, 0) is 20.8 Å². The van der Waals surface area contributed by atoms with Gasteiger partial charge < -0.3 is 19.3 Å². The first-order valence-electron chi connectivity index (χ1n) is 6.95. The maximum Gasteiger partial charge on any atom is 0.138 e. The Morgan fingerprint density at radius 1 is 1.00 bits per heavy atom. The smallest absolute Gasteiger partial charge is 0.138 e. The Balaban J connectivity index is 1.87. The lowest BCUT2D eigenvalue weighted by Crippen LogP contribution is -2.32. The topological polar surface area (TPSA) is 64.1 Å². The Hall–Kier alpha value is -1.21. The van der Waals surface area contributed by atoms with Crippen molar-refractivity contribution in [2.75, 3.05) is 52.7 Å². The van der Waals surface area contributed by atoms with Gasteiger partial charge in [-0.3, -0.25) is 9.88 Å². The zero-order chi connectivity index (χ0) is 14.0. The van der Waals surface area contributed by atoms with Crippen molar-refractivity contribution in [1.82, 2.24) is 9.88 Å². The Labute approximate surface area is 119 Å². The molecule has 0 aliphatic carbocycles. The second-order valence-electron chi connectivity index (χ2n) is 4.58. The van der Waals surface area contributed by atoms with E-state index in [1.807, 2.05) is 0 Å². The van der Waals surface area contributed by atoms with Crippen LogP contribution >= 0.6 is 0 Å². The molecule has 20 heavy (non-hydrogen) atoms. The van der Waals surface area contributed by atoms with Gasteiger partial charge in [-0.2, -0.15) is 0 Å². The van der Waals surface area contributed by atoms with Crippen LogP contribution in [0.1, 0.15) is 5.69 Å². The number of aromatic nitrogens is 1. The first-order chi connectivity index (χ1) is 9.86. The summed E-state index contributed by atoms with van der Waals surface area (Å²) >= 11 is 0. The van der Waals surface area contributed by atoms with Gasteiger partial charge in [-0.05, 0) is 12.1 Å². The zero-order valence-corrected chi connectivity index (χ0v) is 11.7. The molecule has 1 saturated heterocycles. The van der Waals surface area contributed by atoms with Crippen molar-refractivity contribution in [2.24, 2.45) is 0 Å². The molecule has 0 unspecified atom stereocenters. The van der Waals surface area contributed by atoms with Gasteiger partial charge in [-0.1, -0.05) is 0 Å². The van der Waals surface area contributed by atoms with Crippen LogP contribution in [0.25, 0.3) is 0 Å². The maximum atomic E-state index is 9.78. The third kappa shape index (κ3) is 5.42. The van der Waals surface area contributed by atoms with E-state index in [4.69, 9.17) is 14.2 Å². The van der Waals surface area contributed by atoms with Gasteiger partial charge in [0.2, 0.25) is 0 Å². The molecule has 1 aromatic heterocycles. The standard InChI is InChI=1S/C14H22N2O4/c17-14-2-1-3-15-13(14)12-16-4-6-18-8-10-20-11-9-19-7-5-16/h1-3,17H,4-12H2. The number of hydrogen-bond acceptors (Lipinski definition) is 6. The molecule has 0 bridgehead atoms. The van der Waals surface area contributed by atoms with E-state index >= 15 is 0 Å². The minimum Gasteiger partial charge on any atom is -0.506 e. The fourth-order valence-corrected chi connectivity index (χ4v) is 1.96. The quantitative estimate of drug-likeness (QED) is 0.859. The summed E-state index contributed by atoms with van der Waals surface area (Å²) in [5.41, 5.74) is 0.683. The second kappa shape index (κ2) is 8.86. The van der Waals surface area contributed by atoms with E-state index in [0.717, 1.165) is 13.1 Å². The van der Waals surface area contributed by atoms with E-state index in [-0.39, 0.29) is 5.75 Å². The van der Waals surface area contributed by atoms with Crippen molar-refractivity contribution >= 4 is 0 Å². The Morgan fingerprint density at radius 3 is 2.20 bits per heavy atom. The molecular weight excluding hydrogens is 260 g/mol. The van der Waals surface area contributed by atoms with Gasteiger partial charge in [0.05, 0.1) is 45.3 Å². The van der Waals surface area contributed by atoms with Crippen LogP contribution in [0.15, 0.2) is 18.3 Å². The molecule has 2 heterocycles. The van der Waals surface area contributed by atoms with E-state index in [1.165, 1.54) is 0 Å². The van der Waals surface area contributed by atoms with Gasteiger partial charge in [0.15, 0.2) is 0 Å². The fraction of sp³-hybridized carbons (Fsp3) is 0.643. The number of hydrogen-bond donors (Lipinski definition) is 1. The first-order valence-corrected chi connectivity index (χ1v) is 6.95. The molecule has 1 aromatic rings. The van der Waals surface area contributed by atoms with Crippen LogP contribution in [0, 0.1) is 0 Å². The number of aromatic hydroxyl groups is 1. The molecule has 0 saturated carbocycles. The van der Waals surface area contributed by atoms with Crippen LogP contribution in [-0.4, -0.2) is 67.7 Å². The van der Waals surface area contributed by atoms with Crippen LogP contribution in [0.2, 0.25) is 0 Å². The minimum absolute atomic E-state index is 0.230. The molecule has 0 aromatic carbocycles. The fourth-order valence-electron chi connectivity index (χ4n) is 1.96. The highest BCUT2D eigenvalue weighted by molar-refractivity contribution is 5.24. The lowest BCUT2D eigenvalue weighted by Gasteiger charge is -2.22. The van der Waals surface area contributed by atoms with Crippen molar-refractivity contribution in [3.8, 4) is 5.75 Å². The molecule has 6 heteroatoms. The number of ether oxygens (including phenoxy) is 3. The summed E-state index contributed by atoms with van der Waals surface area (Å²) in [6, 6.07) is 3.38. The molecular formula is C14H22N2O4. The number of rotatable bonds is 2. The molecule has 1 aliphatic rings. The van der Waals surface area contributed by atoms with Crippen molar-refractivity contribution < 1.29 is 19.3 Å². The zero-order valence-electron chi connectivity index (χ0n) is 11.7. The average molecular weight is 282 g/mol. The predicted molar refractivity (Wildman–Crippen MR) is 73.6 cm³/mol. The van der Waals surface area contributed by atoms with E-state index in [2.05, 4.69) is 9.88 Å². The van der Waals surface area contributed by atoms with Crippen LogP contribution in [0.3, 0.4) is 0 Å². The summed E-state index contributed by atoms with van der Waals surface area (Å²) in [5, 5.41) is 9.78. The highest BCUT2D eigenvalue weighted by Gasteiger charge is 2.10. The third-order valence-corrected chi connectivity index (χ3v) is 3.09. The summed E-state index contributed by atoms with van der Waals surface area (Å²) in [4.78, 5) is 6.38. The summed E-state index contributed by atoms with van der Waals surface area (Å²) in [6.07, 6.45) is 1.69. The van der Waals surface area contributed by atoms with E-state index in [1.54, 1.807) is 18.3 Å². The molecule has 1 aliphatic heterocycles. The van der Waals surface area contributed by atoms with E-state index in [9.17, 15) is 5.11 Å². The van der Waals surface area contributed by atoms with Gasteiger partial charge in [0, 0.05) is 25.8 Å². The molecule has 1 N–H and O–H groups in total. The number of nitrogens with zero attached hydrogens (tertiary/aromatic N) is 2. The SMILES string of the molecule is Oc1cccnc1CN1CCOCCOCCOCC1. The first kappa shape index (κ1) is 15.2. The van der Waals surface area contributed by atoms with Crippen LogP contribution in [0.4, 0.5) is 0 Å². The molecule has 0 amide bonds. The average Bonchev–Trinajstić information content (AvgIpc) is 2.44. The summed E-state index contributed by atoms with van der Waals surface area (Å²) in [5.74, 6) is 0.230. The summed E-state index contributed by atoms with van der Waals surface area (Å²) < 4.78 is 16.4. The van der Waals surface area contributed by atoms with Crippen molar-refractivity contribution in [1.29, 1.82) is 0 Å². The molecule has 0 atom stereocenters.